The van der Waals surface area contributed by atoms with Crippen LogP contribution in [0.2, 0.25) is 0 Å². The minimum absolute atomic E-state index is 0.0516. The van der Waals surface area contributed by atoms with Crippen LogP contribution >= 0.6 is 127 Å². The molecule has 18 heteroatoms. The topological polar surface area (TPSA) is 121 Å². The number of para-hydroxylation sites is 1. The number of hydrogen-bond donors (Lipinski definition) is 12. The second-order valence-corrected chi connectivity index (χ2v) is 43.3. The number of thiol groups is 6. The quantitative estimate of drug-likeness (QED) is 0.0307. The molecule has 0 fully saturated rings. The zero-order valence-corrected chi connectivity index (χ0v) is 82.9. The Morgan fingerprint density at radius 1 is 0.220 bits per heavy atom. The predicted molar refractivity (Wildman–Crippen MR) is 552 cm³/mol. The molecular formula is C100H122O6P6S6. The molecule has 6 N–H and O–H groups in total. The van der Waals surface area contributed by atoms with Gasteiger partial charge < -0.3 is 30.6 Å². The summed E-state index contributed by atoms with van der Waals surface area (Å²) in [6.45, 7) is 38.2. The molecule has 0 bridgehead atoms. The van der Waals surface area contributed by atoms with Crippen molar-refractivity contribution in [3.8, 4) is 34.5 Å². The van der Waals surface area contributed by atoms with E-state index in [1.54, 1.807) is 6.07 Å². The van der Waals surface area contributed by atoms with E-state index in [0.717, 1.165) is 94.2 Å². The zero-order chi connectivity index (χ0) is 87.0. The summed E-state index contributed by atoms with van der Waals surface area (Å²) in [6.07, 6.45) is 0. The third-order valence-electron chi connectivity index (χ3n) is 19.6. The van der Waals surface area contributed by atoms with Crippen LogP contribution in [0.5, 0.6) is 34.5 Å². The van der Waals surface area contributed by atoms with Crippen LogP contribution in [0.15, 0.2) is 231 Å². The van der Waals surface area contributed by atoms with E-state index in [9.17, 15) is 30.6 Å². The molecule has 12 aromatic rings. The van der Waals surface area contributed by atoms with Crippen LogP contribution in [0, 0.1) is 41.5 Å². The van der Waals surface area contributed by atoms with Crippen LogP contribution in [0.1, 0.15) is 172 Å². The van der Waals surface area contributed by atoms with Gasteiger partial charge in [-0.3, -0.25) is 0 Å². The van der Waals surface area contributed by atoms with Crippen molar-refractivity contribution in [2.75, 3.05) is 0 Å². The van der Waals surface area contributed by atoms with Crippen LogP contribution in [0.3, 0.4) is 0 Å². The molecule has 0 radical (unpaired) electrons. The molecular weight excluding hydrogens is 1680 g/mol. The smallest absolute Gasteiger partial charge is 0.127 e. The number of aryl methyl sites for hydroxylation is 6. The van der Waals surface area contributed by atoms with E-state index in [1.165, 1.54) is 93.0 Å². The van der Waals surface area contributed by atoms with Gasteiger partial charge in [-0.1, -0.05) is 334 Å². The summed E-state index contributed by atoms with van der Waals surface area (Å²) in [5.74, 6) is 6.90. The van der Waals surface area contributed by atoms with Crippen molar-refractivity contribution >= 4 is 191 Å². The zero-order valence-electron chi connectivity index (χ0n) is 71.5. The van der Waals surface area contributed by atoms with Gasteiger partial charge in [0.15, 0.2) is 0 Å². The molecule has 6 nitrogen and oxygen atoms in total. The van der Waals surface area contributed by atoms with E-state index in [0.29, 0.717) is 86.0 Å². The summed E-state index contributed by atoms with van der Waals surface area (Å²) in [4.78, 5) is 0. The van der Waals surface area contributed by atoms with Crippen molar-refractivity contribution in [3.63, 3.8) is 0 Å². The number of phenolic OH excluding ortho intramolecular Hbond substituents is 6. The summed E-state index contributed by atoms with van der Waals surface area (Å²) in [7, 11) is 2.77. The molecule has 118 heavy (non-hydrogen) atoms. The fourth-order valence-electron chi connectivity index (χ4n) is 12.6. The number of aromatic hydroxyl groups is 6. The Morgan fingerprint density at radius 3 is 0.831 bits per heavy atom. The average Bonchev–Trinajstić information content (AvgIpc) is 0.785. The van der Waals surface area contributed by atoms with Crippen molar-refractivity contribution < 1.29 is 30.6 Å². The van der Waals surface area contributed by atoms with Gasteiger partial charge in [-0.05, 0) is 204 Å². The molecule has 0 saturated carbocycles. The van der Waals surface area contributed by atoms with E-state index in [2.05, 4.69) is 294 Å². The molecule has 0 aliphatic heterocycles. The summed E-state index contributed by atoms with van der Waals surface area (Å²) in [5.41, 5.74) is 18.4. The van der Waals surface area contributed by atoms with Crippen LogP contribution < -0.4 is 63.7 Å². The Morgan fingerprint density at radius 2 is 0.483 bits per heavy atom. The maximum Gasteiger partial charge on any atom is 0.127 e. The van der Waals surface area contributed by atoms with Gasteiger partial charge in [0.25, 0.3) is 0 Å². The second-order valence-electron chi connectivity index (χ2n) is 33.4. The highest BCUT2D eigenvalue weighted by Crippen LogP contribution is 2.39. The highest BCUT2D eigenvalue weighted by Gasteiger charge is 2.27. The van der Waals surface area contributed by atoms with Gasteiger partial charge in [-0.25, -0.2) is 0 Å². The van der Waals surface area contributed by atoms with E-state index in [1.807, 2.05) is 131 Å². The summed E-state index contributed by atoms with van der Waals surface area (Å²) in [6, 6.07) is 78.2. The van der Waals surface area contributed by atoms with Gasteiger partial charge in [-0.15, -0.1) is 0 Å². The molecule has 6 unspecified atom stereocenters. The molecule has 0 aromatic heterocycles. The summed E-state index contributed by atoms with van der Waals surface area (Å²) < 4.78 is 0. The SMILES string of the molecule is CC(C)(C)c1cc(Pc2ccccc2CS)c(O)c(C(C)(C)C)c1.Cc1cc(C(C)(C)C)cc(Pc2ccccc2CS)c1O.Cc1cc(C)c(O)c(Pc2ccccc2CS)c1.Cc1cc(Pc2ccccc2CS)c(O)c(C(C)(C)C)c1.Cc1ccc(O)c(Pc2ccccc2CS)c1.Cc1cccc(Pc2ccccc2CS)c1O. The van der Waals surface area contributed by atoms with Gasteiger partial charge in [0, 0.05) is 77.5 Å². The summed E-state index contributed by atoms with van der Waals surface area (Å²) >= 11 is 26.3. The normalized spacial score (nSPS) is 11.9. The predicted octanol–water partition coefficient (Wildman–Crippen LogP) is 21.7. The third-order valence-corrected chi connectivity index (χ3v) is 30.1. The monoisotopic (exact) mass is 1800 g/mol. The molecule has 624 valence electrons. The first-order valence-corrected chi connectivity index (χ1v) is 49.2. The van der Waals surface area contributed by atoms with Crippen LogP contribution in [0.4, 0.5) is 0 Å². The minimum atomic E-state index is -0.0896. The molecule has 0 saturated heterocycles. The van der Waals surface area contributed by atoms with E-state index >= 15 is 0 Å². The van der Waals surface area contributed by atoms with E-state index in [-0.39, 0.29) is 21.7 Å². The van der Waals surface area contributed by atoms with E-state index in [4.69, 9.17) is 0 Å². The van der Waals surface area contributed by atoms with Crippen molar-refractivity contribution in [2.45, 2.75) is 181 Å². The van der Waals surface area contributed by atoms with Crippen molar-refractivity contribution in [1.29, 1.82) is 0 Å². The molecule has 0 spiro atoms. The minimum Gasteiger partial charge on any atom is -0.507 e. The second kappa shape index (κ2) is 46.6. The van der Waals surface area contributed by atoms with Gasteiger partial charge in [0.05, 0.1) is 0 Å². The first kappa shape index (κ1) is 99.2. The van der Waals surface area contributed by atoms with E-state index < -0.39 is 0 Å². The number of phenols is 6. The Kier molecular flexibility index (Phi) is 39.2. The number of hydrogen-bond acceptors (Lipinski definition) is 12. The lowest BCUT2D eigenvalue weighted by atomic mass is 9.80. The number of benzene rings is 12. The van der Waals surface area contributed by atoms with Crippen molar-refractivity contribution in [1.82, 2.24) is 0 Å². The van der Waals surface area contributed by atoms with Crippen molar-refractivity contribution in [3.05, 3.63) is 320 Å². The van der Waals surface area contributed by atoms with Crippen LogP contribution in [0.25, 0.3) is 0 Å². The van der Waals surface area contributed by atoms with Crippen LogP contribution in [-0.2, 0) is 56.2 Å². The number of rotatable bonds is 18. The molecule has 0 heterocycles. The fourth-order valence-corrected chi connectivity index (χ4v) is 23.2. The van der Waals surface area contributed by atoms with Gasteiger partial charge >= 0.3 is 0 Å². The summed E-state index contributed by atoms with van der Waals surface area (Å²) in [5, 5.41) is 75.6. The maximum absolute atomic E-state index is 10.9. The first-order chi connectivity index (χ1) is 55.7. The van der Waals surface area contributed by atoms with Gasteiger partial charge in [0.2, 0.25) is 0 Å². The Hall–Kier alpha value is -5.88. The Balaban J connectivity index is 0.000000196. The lowest BCUT2D eigenvalue weighted by molar-refractivity contribution is 0.448. The highest BCUT2D eigenvalue weighted by atomic mass is 32.1. The standard InChI is InChI=1S/C21H29OPS.2C18H23OPS.C15H17OPS.2C14H15OPS/c1-20(2,3)15-11-16(21(4,5)6)19(22)18(12-15)23-17-10-8-7-9-14(17)13-24;1-12-9-14(18(2,3)4)10-16(17(12)19)20-15-8-6-5-7-13(15)11-21;1-12-9-14(18(2,3)4)17(19)16(10-12)20-15-8-6-5-7-13(15)11-21;1-10-7-11(2)15(16)14(8-10)17-13-6-4-3-5-12(13)9-18;1-10-5-4-8-13(14(10)15)16-12-7-3-2-6-11(12)9-17;1-10-6-7-12(15)14(8-10)16-13-5-3-2-4-11(13)9-17/h7-12,22-24H,13H2,1-6H3;2*5-10,19-21H,11H2,1-4H3;3-8,16-18H,9H2,1-2H3;2*2-8,15-17H,9H2,1H3. The average molecular weight is 1800 g/mol. The van der Waals surface area contributed by atoms with Crippen LogP contribution in [-0.4, -0.2) is 30.6 Å². The lowest BCUT2D eigenvalue weighted by Crippen LogP contribution is -2.21. The molecule has 0 aliphatic rings. The van der Waals surface area contributed by atoms with Crippen molar-refractivity contribution in [2.24, 2.45) is 0 Å². The molecule has 0 aliphatic carbocycles. The first-order valence-electron chi connectivity index (χ1n) is 39.4. The lowest BCUT2D eigenvalue weighted by Gasteiger charge is -2.27. The molecule has 6 atom stereocenters. The third kappa shape index (κ3) is 29.4. The Labute approximate surface area is 749 Å². The Bertz CT molecular complexity index is 5220. The van der Waals surface area contributed by atoms with Gasteiger partial charge in [0.1, 0.15) is 34.5 Å². The highest BCUT2D eigenvalue weighted by molar-refractivity contribution is 7.80. The largest absolute Gasteiger partial charge is 0.507 e. The fraction of sp³-hybridized carbons (Fsp3) is 0.280. The molecule has 0 amide bonds. The maximum atomic E-state index is 10.9. The van der Waals surface area contributed by atoms with Gasteiger partial charge in [-0.2, -0.15) is 75.8 Å². The molecule has 12 aromatic carbocycles. The molecule has 12 rings (SSSR count).